The van der Waals surface area contributed by atoms with Crippen LogP contribution in [0.5, 0.6) is 0 Å². The van der Waals surface area contributed by atoms with Crippen LogP contribution in [-0.4, -0.2) is 28.6 Å². The molecule has 2 N–H and O–H groups in total. The number of nitrogens with one attached hydrogen (secondary N) is 2. The third kappa shape index (κ3) is 5.42. The van der Waals surface area contributed by atoms with Crippen LogP contribution in [0.15, 0.2) is 30.3 Å². The van der Waals surface area contributed by atoms with Crippen molar-refractivity contribution in [3.8, 4) is 0 Å². The topological polar surface area (TPSA) is 84.0 Å². The Labute approximate surface area is 145 Å². The Morgan fingerprint density at radius 2 is 1.96 bits per heavy atom. The molecular weight excluding hydrogens is 324 g/mol. The molecule has 2 amide bonds. The van der Waals surface area contributed by atoms with E-state index in [0.717, 1.165) is 17.8 Å². The summed E-state index contributed by atoms with van der Waals surface area (Å²) in [7, 11) is 0. The Kier molecular flexibility index (Phi) is 6.87. The number of nitrogens with zero attached hydrogens (tertiary/aromatic N) is 2. The van der Waals surface area contributed by atoms with Gasteiger partial charge in [0.2, 0.25) is 11.0 Å². The molecule has 1 heterocycles. The van der Waals surface area contributed by atoms with Crippen LogP contribution in [0.4, 0.5) is 5.13 Å². The van der Waals surface area contributed by atoms with E-state index in [2.05, 4.69) is 34.7 Å². The summed E-state index contributed by atoms with van der Waals surface area (Å²) in [6.07, 6.45) is 2.33. The summed E-state index contributed by atoms with van der Waals surface area (Å²) in [4.78, 5) is 23.8. The molecule has 1 unspecified atom stereocenters. The minimum atomic E-state index is -0.186. The van der Waals surface area contributed by atoms with Gasteiger partial charge in [-0.05, 0) is 18.6 Å². The van der Waals surface area contributed by atoms with Gasteiger partial charge in [0.1, 0.15) is 5.01 Å². The van der Waals surface area contributed by atoms with Gasteiger partial charge >= 0.3 is 0 Å². The number of rotatable bonds is 8. The molecule has 24 heavy (non-hydrogen) atoms. The summed E-state index contributed by atoms with van der Waals surface area (Å²) < 4.78 is 0. The lowest BCUT2D eigenvalue weighted by Gasteiger charge is -2.05. The monoisotopic (exact) mass is 346 g/mol. The average Bonchev–Trinajstić information content (AvgIpc) is 3.04. The van der Waals surface area contributed by atoms with Gasteiger partial charge in [-0.25, -0.2) is 0 Å². The van der Waals surface area contributed by atoms with Gasteiger partial charge in [-0.2, -0.15) is 0 Å². The summed E-state index contributed by atoms with van der Waals surface area (Å²) in [6.45, 7) is 4.51. The molecule has 0 spiro atoms. The number of carbonyl (C=O) groups is 2. The summed E-state index contributed by atoms with van der Waals surface area (Å²) in [6, 6.07) is 8.91. The summed E-state index contributed by atoms with van der Waals surface area (Å²) in [5, 5.41) is 15.0. The van der Waals surface area contributed by atoms with Crippen molar-refractivity contribution in [3.05, 3.63) is 40.9 Å². The standard InChI is InChI=1S/C17H22N4O2S/c1-3-7-12(2)16-20-21-17(24-16)19-14(22)10-11-18-15(23)13-8-5-4-6-9-13/h4-6,8-9,12H,3,7,10-11H2,1-2H3,(H,18,23)(H,19,21,22). The van der Waals surface area contributed by atoms with E-state index in [0.29, 0.717) is 16.6 Å². The predicted molar refractivity (Wildman–Crippen MR) is 95.3 cm³/mol. The van der Waals surface area contributed by atoms with Crippen LogP contribution in [0.1, 0.15) is 54.4 Å². The molecule has 0 bridgehead atoms. The summed E-state index contributed by atoms with van der Waals surface area (Å²) >= 11 is 1.40. The van der Waals surface area contributed by atoms with Crippen molar-refractivity contribution in [2.75, 3.05) is 11.9 Å². The molecule has 1 aromatic carbocycles. The minimum Gasteiger partial charge on any atom is -0.352 e. The summed E-state index contributed by atoms with van der Waals surface area (Å²) in [5.41, 5.74) is 0.580. The quantitative estimate of drug-likeness (QED) is 0.769. The molecule has 1 atom stereocenters. The first-order valence-electron chi connectivity index (χ1n) is 8.06. The number of benzene rings is 1. The minimum absolute atomic E-state index is 0.185. The van der Waals surface area contributed by atoms with Crippen LogP contribution in [0.25, 0.3) is 0 Å². The van der Waals surface area contributed by atoms with E-state index in [4.69, 9.17) is 0 Å². The van der Waals surface area contributed by atoms with Crippen LogP contribution in [0, 0.1) is 0 Å². The van der Waals surface area contributed by atoms with Crippen LogP contribution >= 0.6 is 11.3 Å². The van der Waals surface area contributed by atoms with Crippen LogP contribution < -0.4 is 10.6 Å². The molecule has 128 valence electrons. The van der Waals surface area contributed by atoms with Crippen molar-refractivity contribution in [3.63, 3.8) is 0 Å². The molecule has 0 radical (unpaired) electrons. The van der Waals surface area contributed by atoms with Gasteiger partial charge in [-0.1, -0.05) is 49.8 Å². The smallest absolute Gasteiger partial charge is 0.251 e. The average molecular weight is 346 g/mol. The lowest BCUT2D eigenvalue weighted by atomic mass is 10.1. The second kappa shape index (κ2) is 9.12. The lowest BCUT2D eigenvalue weighted by molar-refractivity contribution is -0.116. The molecule has 0 aliphatic heterocycles. The fourth-order valence-electron chi connectivity index (χ4n) is 2.20. The molecule has 1 aromatic heterocycles. The van der Waals surface area contributed by atoms with Crippen molar-refractivity contribution < 1.29 is 9.59 Å². The number of carbonyl (C=O) groups excluding carboxylic acids is 2. The van der Waals surface area contributed by atoms with E-state index in [1.54, 1.807) is 24.3 Å². The van der Waals surface area contributed by atoms with Gasteiger partial charge in [-0.3, -0.25) is 9.59 Å². The zero-order valence-electron chi connectivity index (χ0n) is 13.9. The van der Waals surface area contributed by atoms with Gasteiger partial charge in [0.15, 0.2) is 0 Å². The predicted octanol–water partition coefficient (Wildman–Crippen LogP) is 3.20. The summed E-state index contributed by atoms with van der Waals surface area (Å²) in [5.74, 6) is -0.0208. The molecule has 7 heteroatoms. The van der Waals surface area contributed by atoms with Crippen LogP contribution in [0.2, 0.25) is 0 Å². The molecule has 0 aliphatic rings. The van der Waals surface area contributed by atoms with Gasteiger partial charge in [0.25, 0.3) is 5.91 Å². The maximum Gasteiger partial charge on any atom is 0.251 e. The molecule has 2 aromatic rings. The maximum absolute atomic E-state index is 11.9. The fraction of sp³-hybridized carbons (Fsp3) is 0.412. The van der Waals surface area contributed by atoms with Crippen molar-refractivity contribution in [2.24, 2.45) is 0 Å². The molecule has 0 aliphatic carbocycles. The highest BCUT2D eigenvalue weighted by Gasteiger charge is 2.13. The number of hydrogen-bond acceptors (Lipinski definition) is 5. The molecule has 0 fully saturated rings. The van der Waals surface area contributed by atoms with Gasteiger partial charge in [0, 0.05) is 24.4 Å². The highest BCUT2D eigenvalue weighted by molar-refractivity contribution is 7.15. The zero-order chi connectivity index (χ0) is 17.4. The van der Waals surface area contributed by atoms with E-state index < -0.39 is 0 Å². The van der Waals surface area contributed by atoms with E-state index in [1.807, 2.05) is 6.07 Å². The first-order chi connectivity index (χ1) is 11.6. The number of amides is 2. The van der Waals surface area contributed by atoms with Crippen molar-refractivity contribution in [2.45, 2.75) is 39.0 Å². The van der Waals surface area contributed by atoms with Gasteiger partial charge in [-0.15, -0.1) is 10.2 Å². The Morgan fingerprint density at radius 3 is 2.67 bits per heavy atom. The second-order valence-electron chi connectivity index (χ2n) is 5.56. The zero-order valence-corrected chi connectivity index (χ0v) is 14.7. The van der Waals surface area contributed by atoms with Crippen molar-refractivity contribution in [1.29, 1.82) is 0 Å². The molecule has 0 saturated heterocycles. The SMILES string of the molecule is CCCC(C)c1nnc(NC(=O)CCNC(=O)c2ccccc2)s1. The van der Waals surface area contributed by atoms with E-state index >= 15 is 0 Å². The third-order valence-corrected chi connectivity index (χ3v) is 4.57. The first kappa shape index (κ1) is 18.1. The third-order valence-electron chi connectivity index (χ3n) is 3.50. The second-order valence-corrected chi connectivity index (χ2v) is 6.56. The molecular formula is C17H22N4O2S. The highest BCUT2D eigenvalue weighted by Crippen LogP contribution is 2.26. The molecule has 0 saturated carbocycles. The number of aromatic nitrogens is 2. The lowest BCUT2D eigenvalue weighted by Crippen LogP contribution is -2.27. The number of anilines is 1. The highest BCUT2D eigenvalue weighted by atomic mass is 32.1. The van der Waals surface area contributed by atoms with Crippen LogP contribution in [-0.2, 0) is 4.79 Å². The molecule has 2 rings (SSSR count). The fourth-order valence-corrected chi connectivity index (χ4v) is 3.05. The van der Waals surface area contributed by atoms with Gasteiger partial charge < -0.3 is 10.6 Å². The largest absolute Gasteiger partial charge is 0.352 e. The Morgan fingerprint density at radius 1 is 1.21 bits per heavy atom. The van der Waals surface area contributed by atoms with Crippen molar-refractivity contribution >= 4 is 28.3 Å². The first-order valence-corrected chi connectivity index (χ1v) is 8.88. The number of hydrogen-bond donors (Lipinski definition) is 2. The molecule has 6 nitrogen and oxygen atoms in total. The van der Waals surface area contributed by atoms with Gasteiger partial charge in [0.05, 0.1) is 0 Å². The Balaban J connectivity index is 1.74. The van der Waals surface area contributed by atoms with E-state index in [9.17, 15) is 9.59 Å². The Hall–Kier alpha value is -2.28. The van der Waals surface area contributed by atoms with E-state index in [1.165, 1.54) is 11.3 Å². The Bertz CT molecular complexity index is 672. The normalized spacial score (nSPS) is 11.8. The van der Waals surface area contributed by atoms with Crippen molar-refractivity contribution in [1.82, 2.24) is 15.5 Å². The maximum atomic E-state index is 11.9. The van der Waals surface area contributed by atoms with Crippen LogP contribution in [0.3, 0.4) is 0 Å². The van der Waals surface area contributed by atoms with E-state index in [-0.39, 0.29) is 24.8 Å².